The number of aliphatic imine (C=N–C) groups is 1. The van der Waals surface area contributed by atoms with Crippen molar-refractivity contribution >= 4 is 94.7 Å². The van der Waals surface area contributed by atoms with Gasteiger partial charge in [0, 0.05) is 26.3 Å². The van der Waals surface area contributed by atoms with Gasteiger partial charge in [-0.05, 0) is 63.9 Å². The van der Waals surface area contributed by atoms with E-state index in [2.05, 4.69) is 68.8 Å². The van der Waals surface area contributed by atoms with Crippen LogP contribution in [0.5, 0.6) is 0 Å². The summed E-state index contributed by atoms with van der Waals surface area (Å²) in [6.45, 7) is 5.93. The molecule has 24 N–H and O–H groups in total. The third-order valence-electron chi connectivity index (χ3n) is 13.6. The minimum absolute atomic E-state index is 0.00599. The summed E-state index contributed by atoms with van der Waals surface area (Å²) >= 11 is 0. The highest BCUT2D eigenvalue weighted by Crippen LogP contribution is 2.11. The van der Waals surface area contributed by atoms with E-state index in [0.29, 0.717) is 5.56 Å². The summed E-state index contributed by atoms with van der Waals surface area (Å²) in [6, 6.07) is -10.2. The Balaban J connectivity index is 3.26. The van der Waals surface area contributed by atoms with Crippen molar-refractivity contribution in [3.8, 4) is 0 Å². The summed E-state index contributed by atoms with van der Waals surface area (Å²) in [7, 11) is 0. The number of benzene rings is 1. The maximum atomic E-state index is 14.1. The molecule has 1 rings (SSSR count). The number of carbonyl (C=O) groups is 15. The van der Waals surface area contributed by atoms with Crippen molar-refractivity contribution < 1.29 is 108 Å². The first kappa shape index (κ1) is 83.4. The number of aliphatic hydroxyl groups excluding tert-OH is 5. The number of carbonyl (C=O) groups excluding carboxylic acids is 13. The zero-order chi connectivity index (χ0) is 72.4. The monoisotopic (exact) mass is 1350 g/mol. The number of hydrogen-bond donors (Lipinski definition) is 22. The number of carboxylic acids is 2. The molecule has 0 saturated heterocycles. The molecule has 0 bridgehead atoms. The predicted octanol–water partition coefficient (Wildman–Crippen LogP) is -9.72. The van der Waals surface area contributed by atoms with E-state index in [9.17, 15) is 103 Å². The Bertz CT molecular complexity index is 2840. The van der Waals surface area contributed by atoms with Crippen LogP contribution in [0.3, 0.4) is 0 Å². The number of nitrogens with one attached hydrogen (secondary N) is 13. The molecule has 0 aromatic heterocycles. The lowest BCUT2D eigenvalue weighted by Crippen LogP contribution is -2.62. The minimum Gasteiger partial charge on any atom is -0.481 e. The van der Waals surface area contributed by atoms with Crippen LogP contribution >= 0.6 is 0 Å². The van der Waals surface area contributed by atoms with Crippen LogP contribution in [0.4, 0.5) is 0 Å². The van der Waals surface area contributed by atoms with E-state index in [0.717, 1.165) is 27.7 Å². The maximum absolute atomic E-state index is 14.1. The lowest BCUT2D eigenvalue weighted by molar-refractivity contribution is -0.139. The van der Waals surface area contributed by atoms with Crippen LogP contribution in [0.2, 0.25) is 0 Å². The van der Waals surface area contributed by atoms with Gasteiger partial charge in [0.2, 0.25) is 76.8 Å². The number of guanidine groups is 1. The second-order valence-electron chi connectivity index (χ2n) is 22.7. The molecule has 13 amide bonds. The molecule has 0 heterocycles. The molecule has 0 aliphatic heterocycles. The Morgan fingerprint density at radius 3 is 1.34 bits per heavy atom. The molecule has 38 nitrogen and oxygen atoms in total. The molecule has 0 aliphatic carbocycles. The van der Waals surface area contributed by atoms with Gasteiger partial charge in [0.05, 0.1) is 38.6 Å². The second-order valence-corrected chi connectivity index (χ2v) is 22.7. The van der Waals surface area contributed by atoms with E-state index in [1.54, 1.807) is 44.2 Å². The van der Waals surface area contributed by atoms with Gasteiger partial charge < -0.3 is 116 Å². The van der Waals surface area contributed by atoms with Gasteiger partial charge in [-0.2, -0.15) is 0 Å². The molecule has 13 atom stereocenters. The van der Waals surface area contributed by atoms with E-state index in [-0.39, 0.29) is 44.1 Å². The topological polar surface area (TPSA) is 618 Å². The van der Waals surface area contributed by atoms with E-state index in [1.807, 2.05) is 5.32 Å². The average Bonchev–Trinajstić information content (AvgIpc) is 0.999. The average molecular weight is 1350 g/mol. The molecule has 0 fully saturated rings. The van der Waals surface area contributed by atoms with Crippen molar-refractivity contribution in [1.29, 1.82) is 0 Å². The maximum Gasteiger partial charge on any atom is 0.322 e. The fourth-order valence-electron chi connectivity index (χ4n) is 8.55. The molecule has 532 valence electrons. The molecule has 0 radical (unpaired) electrons. The van der Waals surface area contributed by atoms with Crippen LogP contribution in [0.25, 0.3) is 0 Å². The molecule has 0 unspecified atom stereocenters. The number of rotatable bonds is 43. The van der Waals surface area contributed by atoms with Crippen LogP contribution in [0.1, 0.15) is 93.1 Å². The molecule has 95 heavy (non-hydrogen) atoms. The smallest absolute Gasteiger partial charge is 0.322 e. The molecule has 38 heteroatoms. The zero-order valence-corrected chi connectivity index (χ0v) is 53.9. The van der Waals surface area contributed by atoms with E-state index < -0.39 is 219 Å². The SMILES string of the molecule is CC(=O)N[C@@H](CCCN=C(N)N)C(=O)N[C@@H](CO)C(=O)N[C@@H](Cc1ccccc1)C(=O)N[C@H](C(=O)N[C@@H](CC(C)C)C(=O)N[C@@H](C)C(=O)N[C@@H](CO)C(=O)N[C@@H](CO)C(=O)N[C@@H](CCC(=O)O)C(=O)N[C@H](C(=O)NCC(=O)N[C@H](C(=O)NCC(=O)O)C(C)C)[C@@H](C)O)[C@@H](C)O. The molecule has 0 saturated carbocycles. The molecular formula is C57H92N16O22. The first-order chi connectivity index (χ1) is 44.5. The van der Waals surface area contributed by atoms with Gasteiger partial charge in [-0.25, -0.2) is 0 Å². The summed E-state index contributed by atoms with van der Waals surface area (Å²) in [5, 5.41) is 99.4. The predicted molar refractivity (Wildman–Crippen MR) is 332 cm³/mol. The number of carboxylic acid groups (broad SMARTS) is 2. The van der Waals surface area contributed by atoms with E-state index >= 15 is 0 Å². The minimum atomic E-state index is -2.00. The van der Waals surface area contributed by atoms with Crippen molar-refractivity contribution in [2.45, 2.75) is 173 Å². The van der Waals surface area contributed by atoms with Crippen LogP contribution in [-0.2, 0) is 78.3 Å². The zero-order valence-electron chi connectivity index (χ0n) is 53.9. The largest absolute Gasteiger partial charge is 0.481 e. The van der Waals surface area contributed by atoms with Gasteiger partial charge in [-0.3, -0.25) is 76.9 Å². The van der Waals surface area contributed by atoms with Crippen LogP contribution < -0.4 is 80.6 Å². The van der Waals surface area contributed by atoms with Crippen molar-refractivity contribution in [3.05, 3.63) is 35.9 Å². The molecule has 0 aliphatic rings. The van der Waals surface area contributed by atoms with Crippen molar-refractivity contribution in [2.75, 3.05) is 39.5 Å². The summed E-state index contributed by atoms with van der Waals surface area (Å²) in [5.41, 5.74) is 11.2. The van der Waals surface area contributed by atoms with Crippen molar-refractivity contribution in [3.63, 3.8) is 0 Å². The first-order valence-corrected chi connectivity index (χ1v) is 30.0. The summed E-state index contributed by atoms with van der Waals surface area (Å²) in [4.78, 5) is 199. The summed E-state index contributed by atoms with van der Waals surface area (Å²) in [5.74, 6) is -17.9. The van der Waals surface area contributed by atoms with Gasteiger partial charge in [-0.15, -0.1) is 0 Å². The summed E-state index contributed by atoms with van der Waals surface area (Å²) in [6.07, 6.45) is -5.06. The fraction of sp³-hybridized carbons (Fsp3) is 0.614. The number of nitrogens with two attached hydrogens (primary N) is 2. The Hall–Kier alpha value is -9.66. The lowest BCUT2D eigenvalue weighted by atomic mass is 10.0. The molecule has 1 aromatic rings. The standard InChI is InChI=1S/C57H92N16O22/c1-26(2)19-35(67-56(95)45(30(7)78)73-50(89)36(20-32-13-10-9-11-14-32)66-52(91)39(25-76)69-47(86)33(64-31(8)79)15-12-18-60-57(58)59)49(88)63-28(5)46(85)68-37(23-74)53(92)70-38(24-75)51(90)65-34(16-17-41(81)82)48(87)72-44(29(6)77)55(94)61-21-40(80)71-43(27(3)4)54(93)62-22-42(83)84/h9-11,13-14,26-30,33-39,43-45,74-78H,12,15-25H2,1-8H3,(H,61,94)(H,62,93)(H,63,88)(H,64,79)(H,65,90)(H,66,91)(H,67,95)(H,68,85)(H,69,86)(H,70,92)(H,71,80)(H,72,87)(H,73,89)(H,81,82)(H,83,84)(H4,58,59,60)/t28-,29+,30+,33-,34-,35-,36-,37-,38-,39-,43-,44-,45-/m0/s1. The third-order valence-corrected chi connectivity index (χ3v) is 13.6. The molecule has 0 spiro atoms. The van der Waals surface area contributed by atoms with E-state index in [4.69, 9.17) is 16.6 Å². The lowest BCUT2D eigenvalue weighted by Gasteiger charge is -2.28. The van der Waals surface area contributed by atoms with Crippen molar-refractivity contribution in [1.82, 2.24) is 69.1 Å². The van der Waals surface area contributed by atoms with Crippen molar-refractivity contribution in [2.24, 2.45) is 28.3 Å². The summed E-state index contributed by atoms with van der Waals surface area (Å²) < 4.78 is 0. The van der Waals surface area contributed by atoms with Gasteiger partial charge >= 0.3 is 11.9 Å². The Morgan fingerprint density at radius 1 is 0.453 bits per heavy atom. The highest BCUT2D eigenvalue weighted by atomic mass is 16.4. The molecular weight excluding hydrogens is 1260 g/mol. The number of nitrogens with zero attached hydrogens (tertiary/aromatic N) is 1. The normalized spacial score (nSPS) is 15.1. The van der Waals surface area contributed by atoms with Gasteiger partial charge in [0.25, 0.3) is 0 Å². The van der Waals surface area contributed by atoms with E-state index in [1.165, 1.54) is 13.8 Å². The third kappa shape index (κ3) is 31.7. The number of amides is 13. The first-order valence-electron chi connectivity index (χ1n) is 30.0. The van der Waals surface area contributed by atoms with Crippen LogP contribution in [0.15, 0.2) is 35.3 Å². The van der Waals surface area contributed by atoms with Gasteiger partial charge in [0.1, 0.15) is 73.0 Å². The van der Waals surface area contributed by atoms with Gasteiger partial charge in [-0.1, -0.05) is 58.0 Å². The Labute approximate surface area is 546 Å². The quantitative estimate of drug-likeness (QED) is 0.0164. The number of aliphatic carboxylic acids is 2. The number of hydrogen-bond acceptors (Lipinski definition) is 21. The Morgan fingerprint density at radius 2 is 0.874 bits per heavy atom. The highest BCUT2D eigenvalue weighted by Gasteiger charge is 2.37. The second kappa shape index (κ2) is 42.5. The fourth-order valence-corrected chi connectivity index (χ4v) is 8.55. The molecule has 1 aromatic carbocycles. The highest BCUT2D eigenvalue weighted by molar-refractivity contribution is 6.00. The van der Waals surface area contributed by atoms with Crippen LogP contribution in [0, 0.1) is 11.8 Å². The number of aliphatic hydroxyl groups is 5. The van der Waals surface area contributed by atoms with Gasteiger partial charge in [0.15, 0.2) is 5.96 Å². The van der Waals surface area contributed by atoms with Crippen LogP contribution in [-0.4, -0.2) is 249 Å². The Kier molecular flexibility index (Phi) is 37.3.